The van der Waals surface area contributed by atoms with Gasteiger partial charge in [0.15, 0.2) is 0 Å². The number of nitrogens with zero attached hydrogens (tertiary/aromatic N) is 1. The van der Waals surface area contributed by atoms with Gasteiger partial charge in [0, 0.05) is 12.6 Å². The Labute approximate surface area is 102 Å². The number of benzene rings is 1. The van der Waals surface area contributed by atoms with Gasteiger partial charge in [0.25, 0.3) is 5.91 Å². The summed E-state index contributed by atoms with van der Waals surface area (Å²) in [5.74, 6) is -1.90. The number of carboxylic acids is 1. The van der Waals surface area contributed by atoms with Crippen molar-refractivity contribution in [1.82, 2.24) is 4.90 Å². The van der Waals surface area contributed by atoms with Crippen molar-refractivity contribution in [3.8, 4) is 5.75 Å². The molecule has 0 radical (unpaired) electrons. The summed E-state index contributed by atoms with van der Waals surface area (Å²) >= 11 is 0. The molecule has 0 aromatic heterocycles. The van der Waals surface area contributed by atoms with Gasteiger partial charge >= 0.3 is 12.6 Å². The van der Waals surface area contributed by atoms with E-state index in [1.54, 1.807) is 0 Å². The number of amides is 1. The molecule has 1 aromatic carbocycles. The van der Waals surface area contributed by atoms with E-state index in [9.17, 15) is 18.4 Å². The zero-order valence-electron chi connectivity index (χ0n) is 9.47. The molecular formula is C11H11F2NO4. The van der Waals surface area contributed by atoms with Crippen molar-refractivity contribution in [3.05, 3.63) is 29.8 Å². The molecule has 0 unspecified atom stereocenters. The molecular weight excluding hydrogens is 248 g/mol. The molecule has 18 heavy (non-hydrogen) atoms. The lowest BCUT2D eigenvalue weighted by atomic mass is 10.2. The largest absolute Gasteiger partial charge is 0.480 e. The van der Waals surface area contributed by atoms with Crippen molar-refractivity contribution >= 4 is 11.9 Å². The number of carbonyl (C=O) groups is 2. The Kier molecular flexibility index (Phi) is 4.59. The molecule has 0 aliphatic heterocycles. The maximum Gasteiger partial charge on any atom is 0.387 e. The smallest absolute Gasteiger partial charge is 0.387 e. The summed E-state index contributed by atoms with van der Waals surface area (Å²) in [6.45, 7) is -3.45. The normalized spacial score (nSPS) is 10.2. The first-order chi connectivity index (χ1) is 8.40. The average Bonchev–Trinajstić information content (AvgIpc) is 2.26. The fraction of sp³-hybridized carbons (Fsp3) is 0.273. The molecule has 5 nitrogen and oxygen atoms in total. The number of rotatable bonds is 5. The maximum atomic E-state index is 12.0. The van der Waals surface area contributed by atoms with E-state index in [4.69, 9.17) is 5.11 Å². The van der Waals surface area contributed by atoms with Crippen LogP contribution in [0.4, 0.5) is 8.78 Å². The Morgan fingerprint density at radius 3 is 2.67 bits per heavy atom. The SMILES string of the molecule is CN(CC(=O)O)C(=O)c1cccc(OC(F)F)c1. The van der Waals surface area contributed by atoms with Gasteiger partial charge in [-0.3, -0.25) is 9.59 Å². The number of hydrogen-bond donors (Lipinski definition) is 1. The lowest BCUT2D eigenvalue weighted by Crippen LogP contribution is -2.31. The van der Waals surface area contributed by atoms with Crippen LogP contribution in [0.25, 0.3) is 0 Å². The molecule has 0 atom stereocenters. The molecule has 1 N–H and O–H groups in total. The van der Waals surface area contributed by atoms with Gasteiger partial charge in [-0.05, 0) is 18.2 Å². The van der Waals surface area contributed by atoms with E-state index in [2.05, 4.69) is 4.74 Å². The van der Waals surface area contributed by atoms with Crippen LogP contribution in [0, 0.1) is 0 Å². The second kappa shape index (κ2) is 5.95. The molecule has 98 valence electrons. The summed E-state index contributed by atoms with van der Waals surface area (Å²) < 4.78 is 28.1. The molecule has 0 aliphatic rings. The molecule has 1 rings (SSSR count). The third kappa shape index (κ3) is 4.00. The number of carbonyl (C=O) groups excluding carboxylic acids is 1. The number of likely N-dealkylation sites (N-methyl/N-ethyl adjacent to an activating group) is 1. The summed E-state index contributed by atoms with van der Waals surface area (Å²) in [7, 11) is 1.30. The fourth-order valence-electron chi connectivity index (χ4n) is 1.30. The molecule has 0 saturated heterocycles. The maximum absolute atomic E-state index is 12.0. The molecule has 0 saturated carbocycles. The van der Waals surface area contributed by atoms with Crippen molar-refractivity contribution in [2.45, 2.75) is 6.61 Å². The summed E-state index contributed by atoms with van der Waals surface area (Å²) in [5, 5.41) is 8.54. The van der Waals surface area contributed by atoms with E-state index in [0.717, 1.165) is 11.0 Å². The van der Waals surface area contributed by atoms with E-state index in [-0.39, 0.29) is 11.3 Å². The van der Waals surface area contributed by atoms with Crippen LogP contribution in [0.5, 0.6) is 5.75 Å². The Balaban J connectivity index is 2.82. The van der Waals surface area contributed by atoms with Crippen LogP contribution in [-0.4, -0.2) is 42.1 Å². The van der Waals surface area contributed by atoms with Gasteiger partial charge in [-0.2, -0.15) is 8.78 Å². The molecule has 1 aromatic rings. The Morgan fingerprint density at radius 1 is 1.44 bits per heavy atom. The quantitative estimate of drug-likeness (QED) is 0.869. The Hall–Kier alpha value is -2.18. The van der Waals surface area contributed by atoms with Crippen LogP contribution in [0.3, 0.4) is 0 Å². The first-order valence-corrected chi connectivity index (χ1v) is 4.92. The number of halogens is 2. The standard InChI is InChI=1S/C11H11F2NO4/c1-14(6-9(15)16)10(17)7-3-2-4-8(5-7)18-11(12)13/h2-5,11H,6H2,1H3,(H,15,16). The van der Waals surface area contributed by atoms with Crippen molar-refractivity contribution in [1.29, 1.82) is 0 Å². The van der Waals surface area contributed by atoms with Crippen molar-refractivity contribution in [2.75, 3.05) is 13.6 Å². The van der Waals surface area contributed by atoms with Crippen molar-refractivity contribution in [3.63, 3.8) is 0 Å². The zero-order chi connectivity index (χ0) is 13.7. The summed E-state index contributed by atoms with van der Waals surface area (Å²) in [6.07, 6.45) is 0. The third-order valence-electron chi connectivity index (χ3n) is 2.03. The van der Waals surface area contributed by atoms with Crippen LogP contribution in [0.1, 0.15) is 10.4 Å². The molecule has 1 amide bonds. The minimum absolute atomic E-state index is 0.0805. The van der Waals surface area contributed by atoms with Crippen molar-refractivity contribution < 1.29 is 28.2 Å². The minimum atomic E-state index is -2.98. The zero-order valence-corrected chi connectivity index (χ0v) is 9.47. The Bertz CT molecular complexity index is 450. The van der Waals surface area contributed by atoms with E-state index in [0.29, 0.717) is 0 Å². The molecule has 0 heterocycles. The first-order valence-electron chi connectivity index (χ1n) is 4.92. The molecule has 7 heteroatoms. The average molecular weight is 259 g/mol. The highest BCUT2D eigenvalue weighted by Gasteiger charge is 2.15. The monoisotopic (exact) mass is 259 g/mol. The number of aliphatic carboxylic acids is 1. The Morgan fingerprint density at radius 2 is 2.11 bits per heavy atom. The summed E-state index contributed by atoms with van der Waals surface area (Å²) in [4.78, 5) is 23.1. The summed E-state index contributed by atoms with van der Waals surface area (Å²) in [5.41, 5.74) is 0.0805. The number of alkyl halides is 2. The van der Waals surface area contributed by atoms with Crippen LogP contribution in [-0.2, 0) is 4.79 Å². The van der Waals surface area contributed by atoms with Gasteiger partial charge in [-0.1, -0.05) is 6.07 Å². The van der Waals surface area contributed by atoms with Crippen LogP contribution in [0.15, 0.2) is 24.3 Å². The third-order valence-corrected chi connectivity index (χ3v) is 2.03. The van der Waals surface area contributed by atoms with E-state index in [1.165, 1.54) is 25.2 Å². The van der Waals surface area contributed by atoms with Crippen LogP contribution >= 0.6 is 0 Å². The van der Waals surface area contributed by atoms with Gasteiger partial charge in [-0.15, -0.1) is 0 Å². The first kappa shape index (κ1) is 13.9. The highest BCUT2D eigenvalue weighted by Crippen LogP contribution is 2.16. The van der Waals surface area contributed by atoms with Crippen LogP contribution in [0.2, 0.25) is 0 Å². The van der Waals surface area contributed by atoms with E-state index in [1.807, 2.05) is 0 Å². The minimum Gasteiger partial charge on any atom is -0.480 e. The molecule has 0 bridgehead atoms. The fourth-order valence-corrected chi connectivity index (χ4v) is 1.30. The van der Waals surface area contributed by atoms with Gasteiger partial charge in [0.05, 0.1) is 0 Å². The number of hydrogen-bond acceptors (Lipinski definition) is 3. The highest BCUT2D eigenvalue weighted by atomic mass is 19.3. The number of ether oxygens (including phenoxy) is 1. The molecule has 0 aliphatic carbocycles. The predicted molar refractivity (Wildman–Crippen MR) is 57.7 cm³/mol. The van der Waals surface area contributed by atoms with Gasteiger partial charge in [-0.25, -0.2) is 0 Å². The van der Waals surface area contributed by atoms with Gasteiger partial charge in [0.1, 0.15) is 12.3 Å². The number of carboxylic acid groups (broad SMARTS) is 1. The lowest BCUT2D eigenvalue weighted by molar-refractivity contribution is -0.137. The van der Waals surface area contributed by atoms with E-state index < -0.39 is 25.0 Å². The lowest BCUT2D eigenvalue weighted by Gasteiger charge is -2.15. The molecule has 0 spiro atoms. The second-order valence-electron chi connectivity index (χ2n) is 3.46. The second-order valence-corrected chi connectivity index (χ2v) is 3.46. The summed E-state index contributed by atoms with van der Waals surface area (Å²) in [6, 6.07) is 5.17. The topological polar surface area (TPSA) is 66.8 Å². The molecule has 0 fully saturated rings. The van der Waals surface area contributed by atoms with Gasteiger partial charge < -0.3 is 14.7 Å². The predicted octanol–water partition coefficient (Wildman–Crippen LogP) is 1.44. The highest BCUT2D eigenvalue weighted by molar-refractivity contribution is 5.95. The van der Waals surface area contributed by atoms with Gasteiger partial charge in [0.2, 0.25) is 0 Å². The van der Waals surface area contributed by atoms with Crippen molar-refractivity contribution in [2.24, 2.45) is 0 Å². The van der Waals surface area contributed by atoms with E-state index >= 15 is 0 Å². The van der Waals surface area contributed by atoms with Crippen LogP contribution < -0.4 is 4.74 Å².